The number of rotatable bonds is 3. The van der Waals surface area contributed by atoms with E-state index in [1.54, 1.807) is 0 Å². The lowest BCUT2D eigenvalue weighted by Crippen LogP contribution is -2.35. The molecule has 3 atom stereocenters. The fourth-order valence-electron chi connectivity index (χ4n) is 3.87. The molecule has 2 saturated heterocycles. The van der Waals surface area contributed by atoms with Crippen molar-refractivity contribution in [1.29, 1.82) is 0 Å². The van der Waals surface area contributed by atoms with Crippen molar-refractivity contribution >= 4 is 0 Å². The third-order valence-electron chi connectivity index (χ3n) is 4.81. The topological polar surface area (TPSA) is 3.24 Å². The molecule has 2 aliphatic rings. The summed E-state index contributed by atoms with van der Waals surface area (Å²) in [5, 5.41) is 0. The van der Waals surface area contributed by atoms with Crippen LogP contribution < -0.4 is 0 Å². The van der Waals surface area contributed by atoms with Gasteiger partial charge in [-0.1, -0.05) is 60.7 Å². The molecule has 2 aromatic carbocycles. The average Bonchev–Trinajstić information content (AvgIpc) is 3.13. The molecule has 2 heterocycles. The van der Waals surface area contributed by atoms with Gasteiger partial charge in [0.05, 0.1) is 0 Å². The van der Waals surface area contributed by atoms with Crippen molar-refractivity contribution in [2.75, 3.05) is 13.1 Å². The Bertz CT molecular complexity index is 523. The van der Waals surface area contributed by atoms with Crippen LogP contribution in [0, 0.1) is 12.3 Å². The molecule has 0 saturated carbocycles. The monoisotopic (exact) mass is 262 g/mol. The lowest BCUT2D eigenvalue weighted by molar-refractivity contribution is 0.273. The van der Waals surface area contributed by atoms with Crippen LogP contribution >= 0.6 is 0 Å². The van der Waals surface area contributed by atoms with Gasteiger partial charge in [0.25, 0.3) is 0 Å². The molecule has 4 rings (SSSR count). The first-order valence-electron chi connectivity index (χ1n) is 7.61. The highest BCUT2D eigenvalue weighted by Crippen LogP contribution is 2.41. The Balaban J connectivity index is 1.74. The van der Waals surface area contributed by atoms with Crippen molar-refractivity contribution in [2.45, 2.75) is 18.4 Å². The fraction of sp³-hybridized carbons (Fsp3) is 0.316. The third kappa shape index (κ3) is 2.06. The fourth-order valence-corrected chi connectivity index (χ4v) is 3.87. The average molecular weight is 262 g/mol. The SMILES string of the molecule is [CH]1C2CCN(C2)[C@@H]1C(c1ccccc1)c1ccccc1. The maximum Gasteiger partial charge on any atom is 0.0248 e. The highest BCUT2D eigenvalue weighted by Gasteiger charge is 2.42. The quantitative estimate of drug-likeness (QED) is 0.814. The van der Waals surface area contributed by atoms with Crippen molar-refractivity contribution in [1.82, 2.24) is 4.90 Å². The molecule has 2 fully saturated rings. The van der Waals surface area contributed by atoms with Crippen LogP contribution in [0.2, 0.25) is 0 Å². The lowest BCUT2D eigenvalue weighted by Gasteiger charge is -2.33. The largest absolute Gasteiger partial charge is 0.299 e. The minimum atomic E-state index is 0.475. The van der Waals surface area contributed by atoms with Crippen LogP contribution in [-0.4, -0.2) is 24.0 Å². The van der Waals surface area contributed by atoms with Crippen molar-refractivity contribution in [3.05, 3.63) is 78.2 Å². The maximum atomic E-state index is 2.66. The Kier molecular flexibility index (Phi) is 3.08. The second-order valence-corrected chi connectivity index (χ2v) is 6.03. The van der Waals surface area contributed by atoms with E-state index in [4.69, 9.17) is 0 Å². The number of nitrogens with zero attached hydrogens (tertiary/aromatic N) is 1. The molecule has 2 unspecified atom stereocenters. The highest BCUT2D eigenvalue weighted by atomic mass is 15.2. The summed E-state index contributed by atoms with van der Waals surface area (Å²) in [6.07, 6.45) is 3.95. The first-order valence-corrected chi connectivity index (χ1v) is 7.61. The molecule has 0 aromatic heterocycles. The van der Waals surface area contributed by atoms with E-state index in [1.807, 2.05) is 0 Å². The third-order valence-corrected chi connectivity index (χ3v) is 4.81. The predicted molar refractivity (Wildman–Crippen MR) is 82.5 cm³/mol. The molecule has 101 valence electrons. The number of hydrogen-bond acceptors (Lipinski definition) is 1. The number of fused-ring (bicyclic) bond motifs is 2. The van der Waals surface area contributed by atoms with E-state index in [1.165, 1.54) is 30.6 Å². The predicted octanol–water partition coefficient (Wildman–Crippen LogP) is 3.73. The van der Waals surface area contributed by atoms with Crippen LogP contribution in [0.15, 0.2) is 60.7 Å². The van der Waals surface area contributed by atoms with Gasteiger partial charge in [-0.3, -0.25) is 4.90 Å². The van der Waals surface area contributed by atoms with E-state index >= 15 is 0 Å². The first-order chi connectivity index (χ1) is 9.92. The maximum absolute atomic E-state index is 2.66. The number of benzene rings is 2. The van der Waals surface area contributed by atoms with Gasteiger partial charge in [0.15, 0.2) is 0 Å². The summed E-state index contributed by atoms with van der Waals surface area (Å²) >= 11 is 0. The molecule has 0 spiro atoms. The normalized spacial score (nSPS) is 28.1. The van der Waals surface area contributed by atoms with Gasteiger partial charge < -0.3 is 0 Å². The molecule has 2 aliphatic heterocycles. The van der Waals surface area contributed by atoms with Crippen molar-refractivity contribution in [3.8, 4) is 0 Å². The number of piperidine rings is 1. The summed E-state index contributed by atoms with van der Waals surface area (Å²) < 4.78 is 0. The van der Waals surface area contributed by atoms with Gasteiger partial charge in [-0.15, -0.1) is 0 Å². The Morgan fingerprint density at radius 3 is 1.90 bits per heavy atom. The minimum absolute atomic E-state index is 0.475. The van der Waals surface area contributed by atoms with Crippen molar-refractivity contribution in [3.63, 3.8) is 0 Å². The van der Waals surface area contributed by atoms with Crippen LogP contribution in [0.5, 0.6) is 0 Å². The zero-order valence-electron chi connectivity index (χ0n) is 11.7. The summed E-state index contributed by atoms with van der Waals surface area (Å²) in [4.78, 5) is 2.66. The van der Waals surface area contributed by atoms with Gasteiger partial charge in [-0.2, -0.15) is 0 Å². The van der Waals surface area contributed by atoms with Gasteiger partial charge >= 0.3 is 0 Å². The summed E-state index contributed by atoms with van der Waals surface area (Å²) in [5.41, 5.74) is 2.88. The molecule has 1 nitrogen and oxygen atoms in total. The molecule has 0 N–H and O–H groups in total. The van der Waals surface area contributed by atoms with E-state index in [-0.39, 0.29) is 0 Å². The van der Waals surface area contributed by atoms with Gasteiger partial charge in [0.1, 0.15) is 0 Å². The second kappa shape index (κ2) is 5.06. The van der Waals surface area contributed by atoms with E-state index in [0.29, 0.717) is 12.0 Å². The van der Waals surface area contributed by atoms with Gasteiger partial charge in [-0.05, 0) is 36.4 Å². The van der Waals surface area contributed by atoms with Gasteiger partial charge in [0, 0.05) is 18.5 Å². The molecule has 1 radical (unpaired) electrons. The Labute approximate surface area is 121 Å². The second-order valence-electron chi connectivity index (χ2n) is 6.03. The van der Waals surface area contributed by atoms with Crippen LogP contribution in [0.25, 0.3) is 0 Å². The van der Waals surface area contributed by atoms with E-state index in [0.717, 1.165) is 5.92 Å². The Morgan fingerprint density at radius 1 is 0.850 bits per heavy atom. The molecule has 20 heavy (non-hydrogen) atoms. The number of hydrogen-bond donors (Lipinski definition) is 0. The molecule has 0 amide bonds. The molecule has 2 bridgehead atoms. The summed E-state index contributed by atoms with van der Waals surface area (Å²) in [6.45, 7) is 2.53. The van der Waals surface area contributed by atoms with Crippen LogP contribution in [0.4, 0.5) is 0 Å². The minimum Gasteiger partial charge on any atom is -0.299 e. The van der Waals surface area contributed by atoms with E-state index in [9.17, 15) is 0 Å². The van der Waals surface area contributed by atoms with E-state index in [2.05, 4.69) is 72.0 Å². The smallest absolute Gasteiger partial charge is 0.0248 e. The first kappa shape index (κ1) is 12.2. The zero-order chi connectivity index (χ0) is 13.4. The summed E-state index contributed by atoms with van der Waals surface area (Å²) in [7, 11) is 0. The molecule has 1 heteroatoms. The van der Waals surface area contributed by atoms with Crippen molar-refractivity contribution < 1.29 is 0 Å². The van der Waals surface area contributed by atoms with Crippen LogP contribution in [0.1, 0.15) is 23.5 Å². The molecular formula is C19H20N. The molecular weight excluding hydrogens is 242 g/mol. The van der Waals surface area contributed by atoms with Gasteiger partial charge in [-0.25, -0.2) is 0 Å². The Morgan fingerprint density at radius 2 is 1.45 bits per heavy atom. The van der Waals surface area contributed by atoms with Crippen LogP contribution in [-0.2, 0) is 0 Å². The van der Waals surface area contributed by atoms with E-state index < -0.39 is 0 Å². The van der Waals surface area contributed by atoms with Gasteiger partial charge in [0.2, 0.25) is 0 Å². The van der Waals surface area contributed by atoms with Crippen LogP contribution in [0.3, 0.4) is 0 Å². The molecule has 0 aliphatic carbocycles. The zero-order valence-corrected chi connectivity index (χ0v) is 11.7. The lowest BCUT2D eigenvalue weighted by atomic mass is 9.81. The molecule has 2 aromatic rings. The summed E-state index contributed by atoms with van der Waals surface area (Å²) in [5.74, 6) is 1.29. The highest BCUT2D eigenvalue weighted by molar-refractivity contribution is 5.36. The van der Waals surface area contributed by atoms with Crippen molar-refractivity contribution in [2.24, 2.45) is 5.92 Å². The summed E-state index contributed by atoms with van der Waals surface area (Å²) in [6, 6.07) is 22.5. The Hall–Kier alpha value is -1.60. The standard InChI is InChI=1S/C19H20N/c1-3-7-16(8-4-1)19(17-9-5-2-6-10-17)18-13-15-11-12-20(18)14-15/h1-10,13,15,18-19H,11-12,14H2/t15?,18-/m0/s1.